The molecule has 152 valence electrons. The highest BCUT2D eigenvalue weighted by atomic mass is 32.2. The summed E-state index contributed by atoms with van der Waals surface area (Å²) in [7, 11) is -3.63. The zero-order chi connectivity index (χ0) is 20.6. The van der Waals surface area contributed by atoms with Gasteiger partial charge in [-0.25, -0.2) is 0 Å². The number of hydrogen-bond acceptors (Lipinski definition) is 5. The van der Waals surface area contributed by atoms with E-state index in [4.69, 9.17) is 4.74 Å². The third-order valence-electron chi connectivity index (χ3n) is 5.40. The first-order valence-corrected chi connectivity index (χ1v) is 11.2. The number of rotatable bonds is 3. The predicted octanol–water partition coefficient (Wildman–Crippen LogP) is 3.21. The minimum Gasteiger partial charge on any atom is -0.461 e. The van der Waals surface area contributed by atoms with Crippen molar-refractivity contribution in [3.8, 4) is 0 Å². The normalized spacial score (nSPS) is 18.3. The Morgan fingerprint density at radius 3 is 2.45 bits per heavy atom. The molecule has 0 atom stereocenters. The topological polar surface area (TPSA) is 76.0 Å². The molecule has 0 amide bonds. The molecule has 6 nitrogen and oxygen atoms in total. The van der Waals surface area contributed by atoms with Crippen molar-refractivity contribution in [3.63, 3.8) is 0 Å². The minimum absolute atomic E-state index is 0.175. The Morgan fingerprint density at radius 1 is 1.10 bits per heavy atom. The highest BCUT2D eigenvalue weighted by Gasteiger charge is 2.34. The summed E-state index contributed by atoms with van der Waals surface area (Å²) in [4.78, 5) is 14.7. The number of hydrogen-bond donors (Lipinski definition) is 0. The molecule has 1 saturated heterocycles. The van der Waals surface area contributed by atoms with Gasteiger partial charge in [0.2, 0.25) is 0 Å². The first-order valence-electron chi connectivity index (χ1n) is 9.76. The van der Waals surface area contributed by atoms with Crippen molar-refractivity contribution < 1.29 is 17.9 Å². The van der Waals surface area contributed by atoms with Crippen LogP contribution in [0.25, 0.3) is 0 Å². The molecule has 2 aromatic carbocycles. The Kier molecular flexibility index (Phi) is 5.17. The molecule has 2 aromatic rings. The average Bonchev–Trinajstić information content (AvgIpc) is 2.97. The predicted molar refractivity (Wildman–Crippen MR) is 110 cm³/mol. The maximum atomic E-state index is 12.5. The van der Waals surface area contributed by atoms with E-state index in [-0.39, 0.29) is 23.4 Å². The molecule has 0 N–H and O–H groups in total. The number of ether oxygens (including phenoxy) is 1. The van der Waals surface area contributed by atoms with Gasteiger partial charge in [0.25, 0.3) is 10.0 Å². The van der Waals surface area contributed by atoms with Crippen molar-refractivity contribution in [3.05, 3.63) is 64.7 Å². The lowest BCUT2D eigenvalue weighted by Crippen LogP contribution is -2.40. The van der Waals surface area contributed by atoms with Crippen LogP contribution in [0.2, 0.25) is 0 Å². The highest BCUT2D eigenvalue weighted by Crippen LogP contribution is 2.30. The van der Waals surface area contributed by atoms with E-state index in [0.29, 0.717) is 37.3 Å². The number of piperidine rings is 1. The van der Waals surface area contributed by atoms with Crippen LogP contribution in [0.15, 0.2) is 51.8 Å². The molecule has 2 heterocycles. The Hall–Kier alpha value is -2.67. The van der Waals surface area contributed by atoms with Crippen molar-refractivity contribution in [1.82, 2.24) is 4.90 Å². The summed E-state index contributed by atoms with van der Waals surface area (Å²) in [6, 6.07) is 13.0. The van der Waals surface area contributed by atoms with E-state index in [1.54, 1.807) is 18.2 Å². The van der Waals surface area contributed by atoms with Crippen LogP contribution >= 0.6 is 0 Å². The van der Waals surface area contributed by atoms with E-state index < -0.39 is 10.0 Å². The van der Waals surface area contributed by atoms with Crippen LogP contribution in [-0.4, -0.2) is 38.2 Å². The largest absolute Gasteiger partial charge is 0.461 e. The summed E-state index contributed by atoms with van der Waals surface area (Å²) in [5, 5.41) is 0. The smallest absolute Gasteiger partial charge is 0.309 e. The molecule has 0 radical (unpaired) electrons. The van der Waals surface area contributed by atoms with Crippen molar-refractivity contribution in [1.29, 1.82) is 0 Å². The molecule has 7 heteroatoms. The summed E-state index contributed by atoms with van der Waals surface area (Å²) >= 11 is 0. The SMILES string of the molecule is Cc1cc(C)cc(COC(=O)C2CCN(C3=NS(=O)(=O)c4ccccc43)CC2)c1. The number of aryl methyl sites for hydroxylation is 2. The fraction of sp³-hybridized carbons (Fsp3) is 0.364. The monoisotopic (exact) mass is 412 g/mol. The lowest BCUT2D eigenvalue weighted by molar-refractivity contribution is -0.151. The van der Waals surface area contributed by atoms with Gasteiger partial charge < -0.3 is 9.64 Å². The number of likely N-dealkylation sites (tertiary alicyclic amines) is 1. The summed E-state index contributed by atoms with van der Waals surface area (Å²) in [5.74, 6) is 0.124. The number of fused-ring (bicyclic) bond motifs is 1. The van der Waals surface area contributed by atoms with Gasteiger partial charge in [-0.05, 0) is 44.4 Å². The van der Waals surface area contributed by atoms with Gasteiger partial charge in [0.15, 0.2) is 5.84 Å². The highest BCUT2D eigenvalue weighted by molar-refractivity contribution is 7.90. The van der Waals surface area contributed by atoms with E-state index >= 15 is 0 Å². The minimum atomic E-state index is -3.63. The van der Waals surface area contributed by atoms with E-state index in [2.05, 4.69) is 10.5 Å². The molecule has 1 fully saturated rings. The van der Waals surface area contributed by atoms with Crippen LogP contribution in [0.3, 0.4) is 0 Å². The molecule has 29 heavy (non-hydrogen) atoms. The Morgan fingerprint density at radius 2 is 1.76 bits per heavy atom. The number of amidine groups is 1. The van der Waals surface area contributed by atoms with Crippen LogP contribution in [0.4, 0.5) is 0 Å². The quantitative estimate of drug-likeness (QED) is 0.724. The fourth-order valence-electron chi connectivity index (χ4n) is 4.07. The molecule has 0 spiro atoms. The molecule has 4 rings (SSSR count). The van der Waals surface area contributed by atoms with E-state index in [0.717, 1.165) is 16.7 Å². The van der Waals surface area contributed by atoms with E-state index in [9.17, 15) is 13.2 Å². The third kappa shape index (κ3) is 4.05. The van der Waals surface area contributed by atoms with Crippen molar-refractivity contribution in [2.24, 2.45) is 10.3 Å². The molecular formula is C22H24N2O4S. The lowest BCUT2D eigenvalue weighted by atomic mass is 9.96. The van der Waals surface area contributed by atoms with Gasteiger partial charge in [0.05, 0.1) is 5.92 Å². The maximum absolute atomic E-state index is 12.5. The molecule has 2 aliphatic heterocycles. The summed E-state index contributed by atoms with van der Waals surface area (Å²) in [5.41, 5.74) is 3.94. The zero-order valence-electron chi connectivity index (χ0n) is 16.6. The Labute approximate surface area is 171 Å². The summed E-state index contributed by atoms with van der Waals surface area (Å²) in [6.45, 7) is 5.48. The third-order valence-corrected chi connectivity index (χ3v) is 6.73. The second-order valence-corrected chi connectivity index (χ2v) is 9.32. The van der Waals surface area contributed by atoms with Crippen LogP contribution < -0.4 is 0 Å². The number of sulfonamides is 1. The number of carbonyl (C=O) groups is 1. The van der Waals surface area contributed by atoms with Crippen LogP contribution in [0, 0.1) is 19.8 Å². The molecule has 2 aliphatic rings. The van der Waals surface area contributed by atoms with E-state index in [1.165, 1.54) is 0 Å². The van der Waals surface area contributed by atoms with Crippen LogP contribution in [0.5, 0.6) is 0 Å². The fourth-order valence-corrected chi connectivity index (χ4v) is 5.30. The number of nitrogens with zero attached hydrogens (tertiary/aromatic N) is 2. The lowest BCUT2D eigenvalue weighted by Gasteiger charge is -2.32. The average molecular weight is 413 g/mol. The first kappa shape index (κ1) is 19.6. The van der Waals surface area contributed by atoms with E-state index in [1.807, 2.05) is 36.9 Å². The number of benzene rings is 2. The van der Waals surface area contributed by atoms with Gasteiger partial charge in [-0.1, -0.05) is 41.5 Å². The van der Waals surface area contributed by atoms with Gasteiger partial charge in [0, 0.05) is 18.7 Å². The Balaban J connectivity index is 1.37. The molecule has 0 unspecified atom stereocenters. The van der Waals surface area contributed by atoms with Crippen LogP contribution in [-0.2, 0) is 26.2 Å². The van der Waals surface area contributed by atoms with Gasteiger partial charge in [-0.2, -0.15) is 8.42 Å². The molecule has 0 aliphatic carbocycles. The van der Waals surface area contributed by atoms with Gasteiger partial charge in [-0.15, -0.1) is 4.40 Å². The second-order valence-electron chi connectivity index (χ2n) is 7.75. The standard InChI is InChI=1S/C22H24N2O4S/c1-15-11-16(2)13-17(12-15)14-28-22(25)18-7-9-24(10-8-18)21-19-5-3-4-6-20(19)29(26,27)23-21/h3-6,11-13,18H,7-10,14H2,1-2H3. The van der Waals surface area contributed by atoms with Crippen molar-refractivity contribution >= 4 is 21.8 Å². The summed E-state index contributed by atoms with van der Waals surface area (Å²) in [6.07, 6.45) is 1.24. The molecule has 0 bridgehead atoms. The molecule has 0 aromatic heterocycles. The summed E-state index contributed by atoms with van der Waals surface area (Å²) < 4.78 is 34.0. The zero-order valence-corrected chi connectivity index (χ0v) is 17.4. The van der Waals surface area contributed by atoms with Gasteiger partial charge in [-0.3, -0.25) is 4.79 Å². The maximum Gasteiger partial charge on any atom is 0.309 e. The van der Waals surface area contributed by atoms with Crippen molar-refractivity contribution in [2.75, 3.05) is 13.1 Å². The number of esters is 1. The van der Waals surface area contributed by atoms with Gasteiger partial charge in [0.1, 0.15) is 11.5 Å². The molecule has 0 saturated carbocycles. The molecular weight excluding hydrogens is 388 g/mol. The second kappa shape index (κ2) is 7.63. The Bertz CT molecular complexity index is 1060. The van der Waals surface area contributed by atoms with Crippen LogP contribution in [0.1, 0.15) is 35.1 Å². The van der Waals surface area contributed by atoms with Crippen molar-refractivity contribution in [2.45, 2.75) is 38.2 Å². The van der Waals surface area contributed by atoms with Gasteiger partial charge >= 0.3 is 5.97 Å². The number of carbonyl (C=O) groups excluding carboxylic acids is 1. The first-order chi connectivity index (χ1) is 13.8.